The molecule has 0 bridgehead atoms. The van der Waals surface area contributed by atoms with Crippen LogP contribution in [0.5, 0.6) is 0 Å². The highest BCUT2D eigenvalue weighted by Crippen LogP contribution is 2.14. The molecule has 0 aliphatic carbocycles. The summed E-state index contributed by atoms with van der Waals surface area (Å²) in [5.74, 6) is -0.958. The summed E-state index contributed by atoms with van der Waals surface area (Å²) in [6, 6.07) is 0. The maximum Gasteiger partial charge on any atom is 0.306 e. The van der Waals surface area contributed by atoms with E-state index < -0.39 is 6.10 Å². The molecule has 0 aromatic heterocycles. The van der Waals surface area contributed by atoms with Gasteiger partial charge < -0.3 is 14.2 Å². The molecule has 0 radical (unpaired) electrons. The standard InChI is InChI=1S/C52H90O6/c1-4-7-10-13-16-19-21-23-25-26-27-29-30-33-36-39-42-45-51(54)57-48-49(47-56-50(53)44-41-38-35-32-18-15-12-9-6-3)58-52(55)46-43-40-37-34-31-28-24-22-20-17-14-11-8-5-2/h8,11,17,20,23,25,27,29,33,36,49H,4-7,9-10,12-16,18-19,21-22,24,26,28,30-32,34-35,37-48H2,1-3H3/b11-8-,20-17-,25-23-,29-27-,36-33-. The first-order valence-electron chi connectivity index (χ1n) is 24.3. The third-order valence-corrected chi connectivity index (χ3v) is 10.3. The molecule has 0 aliphatic heterocycles. The molecule has 1 atom stereocenters. The fourth-order valence-electron chi connectivity index (χ4n) is 6.61. The number of unbranched alkanes of at least 4 members (excludes halogenated alkanes) is 22. The smallest absolute Gasteiger partial charge is 0.306 e. The molecule has 58 heavy (non-hydrogen) atoms. The molecule has 0 rings (SSSR count). The summed E-state index contributed by atoms with van der Waals surface area (Å²) < 4.78 is 16.7. The highest BCUT2D eigenvalue weighted by Gasteiger charge is 2.19. The first-order chi connectivity index (χ1) is 28.5. The van der Waals surface area contributed by atoms with Crippen LogP contribution in [0.1, 0.15) is 233 Å². The van der Waals surface area contributed by atoms with Gasteiger partial charge in [-0.1, -0.05) is 197 Å². The van der Waals surface area contributed by atoms with Gasteiger partial charge in [-0.2, -0.15) is 0 Å². The fourth-order valence-corrected chi connectivity index (χ4v) is 6.61. The number of allylic oxidation sites excluding steroid dienone is 10. The maximum atomic E-state index is 12.7. The molecule has 0 saturated heterocycles. The van der Waals surface area contributed by atoms with Crippen LogP contribution in [0, 0.1) is 0 Å². The number of hydrogen-bond donors (Lipinski definition) is 0. The van der Waals surface area contributed by atoms with Gasteiger partial charge in [-0.25, -0.2) is 0 Å². The molecule has 0 amide bonds. The average Bonchev–Trinajstić information content (AvgIpc) is 3.22. The van der Waals surface area contributed by atoms with Crippen LogP contribution in [0.3, 0.4) is 0 Å². The molecule has 0 aliphatic rings. The van der Waals surface area contributed by atoms with Crippen LogP contribution in [0.4, 0.5) is 0 Å². The van der Waals surface area contributed by atoms with Crippen molar-refractivity contribution in [3.05, 3.63) is 60.8 Å². The normalized spacial score (nSPS) is 12.5. The number of ether oxygens (including phenoxy) is 3. The highest BCUT2D eigenvalue weighted by atomic mass is 16.6. The molecule has 0 aromatic rings. The minimum Gasteiger partial charge on any atom is -0.462 e. The summed E-state index contributed by atoms with van der Waals surface area (Å²) in [6.07, 6.45) is 56.4. The summed E-state index contributed by atoms with van der Waals surface area (Å²) in [7, 11) is 0. The number of hydrogen-bond acceptors (Lipinski definition) is 6. The second-order valence-electron chi connectivity index (χ2n) is 16.0. The van der Waals surface area contributed by atoms with Crippen molar-refractivity contribution < 1.29 is 28.6 Å². The number of carbonyl (C=O) groups is 3. The molecule has 0 aromatic carbocycles. The van der Waals surface area contributed by atoms with Gasteiger partial charge in [0.15, 0.2) is 6.10 Å². The van der Waals surface area contributed by atoms with E-state index >= 15 is 0 Å². The zero-order chi connectivity index (χ0) is 42.3. The number of carbonyl (C=O) groups excluding carboxylic acids is 3. The van der Waals surface area contributed by atoms with Crippen molar-refractivity contribution in [2.45, 2.75) is 239 Å². The van der Waals surface area contributed by atoms with Crippen molar-refractivity contribution in [3.8, 4) is 0 Å². The summed E-state index contributed by atoms with van der Waals surface area (Å²) in [5.41, 5.74) is 0. The van der Waals surface area contributed by atoms with Crippen molar-refractivity contribution >= 4 is 17.9 Å². The van der Waals surface area contributed by atoms with Gasteiger partial charge in [0.1, 0.15) is 13.2 Å². The second-order valence-corrected chi connectivity index (χ2v) is 16.0. The van der Waals surface area contributed by atoms with Gasteiger partial charge in [0, 0.05) is 19.3 Å². The predicted octanol–water partition coefficient (Wildman–Crippen LogP) is 15.7. The van der Waals surface area contributed by atoms with E-state index in [1.807, 2.05) is 0 Å². The molecule has 334 valence electrons. The Kier molecular flexibility index (Phi) is 44.5. The quantitative estimate of drug-likeness (QED) is 0.0264. The lowest BCUT2D eigenvalue weighted by Crippen LogP contribution is -2.30. The molecular formula is C52H90O6. The van der Waals surface area contributed by atoms with Gasteiger partial charge in [0.2, 0.25) is 0 Å². The van der Waals surface area contributed by atoms with E-state index in [1.165, 1.54) is 109 Å². The second kappa shape index (κ2) is 46.8. The Morgan fingerprint density at radius 1 is 0.362 bits per heavy atom. The molecule has 0 N–H and O–H groups in total. The van der Waals surface area contributed by atoms with Gasteiger partial charge >= 0.3 is 17.9 Å². The Labute approximate surface area is 358 Å². The van der Waals surface area contributed by atoms with Crippen LogP contribution in [0.2, 0.25) is 0 Å². The van der Waals surface area contributed by atoms with E-state index in [-0.39, 0.29) is 37.5 Å². The lowest BCUT2D eigenvalue weighted by molar-refractivity contribution is -0.167. The summed E-state index contributed by atoms with van der Waals surface area (Å²) in [6.45, 7) is 6.45. The molecule has 6 heteroatoms. The SMILES string of the molecule is CC/C=C\C/C=C\CCCCCCCCCC(=O)OC(COC(=O)CCC/C=C\C/C=C\C/C=C\CCCCCCCC)COC(=O)CCCCCCCCCCC. The summed E-state index contributed by atoms with van der Waals surface area (Å²) in [5, 5.41) is 0. The van der Waals surface area contributed by atoms with Gasteiger partial charge in [0.25, 0.3) is 0 Å². The molecule has 0 spiro atoms. The molecule has 0 heterocycles. The van der Waals surface area contributed by atoms with Crippen molar-refractivity contribution in [3.63, 3.8) is 0 Å². The van der Waals surface area contributed by atoms with Gasteiger partial charge in [0.05, 0.1) is 0 Å². The van der Waals surface area contributed by atoms with E-state index in [1.54, 1.807) is 0 Å². The Morgan fingerprint density at radius 3 is 1.12 bits per heavy atom. The average molecular weight is 811 g/mol. The van der Waals surface area contributed by atoms with Crippen LogP contribution < -0.4 is 0 Å². The predicted molar refractivity (Wildman–Crippen MR) is 247 cm³/mol. The topological polar surface area (TPSA) is 78.9 Å². The van der Waals surface area contributed by atoms with E-state index in [2.05, 4.69) is 81.5 Å². The van der Waals surface area contributed by atoms with Crippen LogP contribution in [0.15, 0.2) is 60.8 Å². The highest BCUT2D eigenvalue weighted by molar-refractivity contribution is 5.71. The third-order valence-electron chi connectivity index (χ3n) is 10.3. The largest absolute Gasteiger partial charge is 0.462 e. The van der Waals surface area contributed by atoms with E-state index in [0.717, 1.165) is 77.0 Å². The molecule has 6 nitrogen and oxygen atoms in total. The van der Waals surface area contributed by atoms with Crippen molar-refractivity contribution in [1.82, 2.24) is 0 Å². The summed E-state index contributed by atoms with van der Waals surface area (Å²) >= 11 is 0. The van der Waals surface area contributed by atoms with Crippen LogP contribution in [-0.2, 0) is 28.6 Å². The van der Waals surface area contributed by atoms with Crippen LogP contribution >= 0.6 is 0 Å². The number of esters is 3. The van der Waals surface area contributed by atoms with Crippen LogP contribution in [0.25, 0.3) is 0 Å². The zero-order valence-electron chi connectivity index (χ0n) is 38.0. The first-order valence-corrected chi connectivity index (χ1v) is 24.3. The number of rotatable bonds is 43. The monoisotopic (exact) mass is 811 g/mol. The Morgan fingerprint density at radius 2 is 0.690 bits per heavy atom. The Hall–Kier alpha value is -2.89. The lowest BCUT2D eigenvalue weighted by Gasteiger charge is -2.18. The van der Waals surface area contributed by atoms with Gasteiger partial charge in [-0.3, -0.25) is 14.4 Å². The van der Waals surface area contributed by atoms with E-state index in [4.69, 9.17) is 14.2 Å². The van der Waals surface area contributed by atoms with E-state index in [0.29, 0.717) is 19.3 Å². The molecule has 1 unspecified atom stereocenters. The first kappa shape index (κ1) is 55.1. The Bertz CT molecular complexity index is 1070. The van der Waals surface area contributed by atoms with Crippen LogP contribution in [-0.4, -0.2) is 37.2 Å². The molecular weight excluding hydrogens is 721 g/mol. The van der Waals surface area contributed by atoms with Crippen molar-refractivity contribution in [2.24, 2.45) is 0 Å². The fraction of sp³-hybridized carbons (Fsp3) is 0.750. The zero-order valence-corrected chi connectivity index (χ0v) is 38.0. The minimum absolute atomic E-state index is 0.0922. The maximum absolute atomic E-state index is 12.7. The minimum atomic E-state index is -0.794. The Balaban J connectivity index is 4.42. The summed E-state index contributed by atoms with van der Waals surface area (Å²) in [4.78, 5) is 37.8. The van der Waals surface area contributed by atoms with Gasteiger partial charge in [-0.05, 0) is 77.0 Å². The lowest BCUT2D eigenvalue weighted by atomic mass is 10.1. The van der Waals surface area contributed by atoms with Crippen molar-refractivity contribution in [2.75, 3.05) is 13.2 Å². The third kappa shape index (κ3) is 44.2. The van der Waals surface area contributed by atoms with E-state index in [9.17, 15) is 14.4 Å². The molecule has 0 fully saturated rings. The van der Waals surface area contributed by atoms with Crippen molar-refractivity contribution in [1.29, 1.82) is 0 Å². The van der Waals surface area contributed by atoms with Gasteiger partial charge in [-0.15, -0.1) is 0 Å². The molecule has 0 saturated carbocycles.